The number of aldehydes is 1. The highest BCUT2D eigenvalue weighted by molar-refractivity contribution is 5.93. The van der Waals surface area contributed by atoms with Crippen LogP contribution in [0.5, 0.6) is 0 Å². The molecule has 1 aliphatic heterocycles. The van der Waals surface area contributed by atoms with Crippen LogP contribution >= 0.6 is 0 Å². The molecular weight excluding hydrogens is 488 g/mol. The number of nitrogens with zero attached hydrogens (tertiary/aromatic N) is 5. The molecular formula is C31H42N6O2. The number of likely N-dealkylation sites (N-methyl/N-ethyl adjacent to an activating group) is 1. The van der Waals surface area contributed by atoms with Gasteiger partial charge in [-0.1, -0.05) is 11.6 Å². The van der Waals surface area contributed by atoms with Gasteiger partial charge in [-0.2, -0.15) is 0 Å². The predicted molar refractivity (Wildman–Crippen MR) is 159 cm³/mol. The van der Waals surface area contributed by atoms with Gasteiger partial charge in [0.1, 0.15) is 6.29 Å². The van der Waals surface area contributed by atoms with E-state index in [1.165, 1.54) is 11.6 Å². The lowest BCUT2D eigenvalue weighted by molar-refractivity contribution is -0.104. The Morgan fingerprint density at radius 1 is 1.18 bits per heavy atom. The molecule has 3 heterocycles. The molecule has 0 spiro atoms. The van der Waals surface area contributed by atoms with Crippen molar-refractivity contribution in [3.8, 4) is 0 Å². The van der Waals surface area contributed by atoms with Crippen molar-refractivity contribution in [2.24, 2.45) is 0 Å². The van der Waals surface area contributed by atoms with Crippen LogP contribution in [0.1, 0.15) is 58.6 Å². The lowest BCUT2D eigenvalue weighted by Gasteiger charge is -2.32. The summed E-state index contributed by atoms with van der Waals surface area (Å²) >= 11 is 0. The Hall–Kier alpha value is -3.78. The third-order valence-electron chi connectivity index (χ3n) is 7.17. The van der Waals surface area contributed by atoms with E-state index in [4.69, 9.17) is 4.98 Å². The van der Waals surface area contributed by atoms with Crippen LogP contribution in [0.3, 0.4) is 0 Å². The second-order valence-corrected chi connectivity index (χ2v) is 10.4. The van der Waals surface area contributed by atoms with Gasteiger partial charge in [-0.05, 0) is 70.5 Å². The van der Waals surface area contributed by atoms with Crippen LogP contribution in [-0.4, -0.2) is 79.8 Å². The van der Waals surface area contributed by atoms with E-state index >= 15 is 0 Å². The second kappa shape index (κ2) is 13.8. The van der Waals surface area contributed by atoms with Gasteiger partial charge < -0.3 is 15.1 Å². The highest BCUT2D eigenvalue weighted by Crippen LogP contribution is 2.30. The molecule has 2 aromatic rings. The maximum absolute atomic E-state index is 12.3. The Bertz CT molecular complexity index is 1260. The van der Waals surface area contributed by atoms with Gasteiger partial charge in [-0.15, -0.1) is 0 Å². The Kier molecular flexibility index (Phi) is 10.6. The third kappa shape index (κ3) is 7.86. The zero-order chi connectivity index (χ0) is 28.5. The molecule has 1 amide bonds. The van der Waals surface area contributed by atoms with Crippen molar-refractivity contribution < 1.29 is 9.59 Å². The first-order valence-electron chi connectivity index (χ1n) is 13.4. The minimum Gasteiger partial charge on any atom is -0.388 e. The SMILES string of the molecule is CNC(/C=C\N(C)c1ccnc(C)c1/C=C(\C)CN1CCC(c2ncc(C(=O)N(C)C)cc2C)CC1)=C/C=O. The van der Waals surface area contributed by atoms with E-state index in [1.54, 1.807) is 32.2 Å². The van der Waals surface area contributed by atoms with E-state index in [1.807, 2.05) is 49.5 Å². The number of likely N-dealkylation sites (tertiary alicyclic amines) is 1. The van der Waals surface area contributed by atoms with E-state index in [0.29, 0.717) is 11.5 Å². The van der Waals surface area contributed by atoms with Crippen molar-refractivity contribution >= 4 is 24.0 Å². The number of carbonyl (C=O) groups is 2. The first-order valence-corrected chi connectivity index (χ1v) is 13.4. The van der Waals surface area contributed by atoms with Crippen LogP contribution in [0, 0.1) is 13.8 Å². The van der Waals surface area contributed by atoms with Crippen molar-refractivity contribution in [3.63, 3.8) is 0 Å². The lowest BCUT2D eigenvalue weighted by Crippen LogP contribution is -2.34. The smallest absolute Gasteiger partial charge is 0.254 e. The predicted octanol–water partition coefficient (Wildman–Crippen LogP) is 4.33. The number of rotatable bonds is 10. The number of hydrogen-bond acceptors (Lipinski definition) is 7. The summed E-state index contributed by atoms with van der Waals surface area (Å²) in [4.78, 5) is 38.5. The van der Waals surface area contributed by atoms with E-state index in [0.717, 1.165) is 72.7 Å². The molecule has 1 saturated heterocycles. The highest BCUT2D eigenvalue weighted by atomic mass is 16.2. The van der Waals surface area contributed by atoms with Crippen molar-refractivity contribution in [2.45, 2.75) is 39.5 Å². The maximum Gasteiger partial charge on any atom is 0.254 e. The van der Waals surface area contributed by atoms with Gasteiger partial charge in [0.15, 0.2) is 0 Å². The van der Waals surface area contributed by atoms with Crippen molar-refractivity contribution in [2.75, 3.05) is 52.7 Å². The molecule has 8 heteroatoms. The zero-order valence-corrected chi connectivity index (χ0v) is 24.4. The fourth-order valence-electron chi connectivity index (χ4n) is 5.02. The molecule has 3 rings (SSSR count). The Labute approximate surface area is 233 Å². The van der Waals surface area contributed by atoms with Crippen molar-refractivity contribution in [1.82, 2.24) is 25.1 Å². The largest absolute Gasteiger partial charge is 0.388 e. The summed E-state index contributed by atoms with van der Waals surface area (Å²) in [6, 6.07) is 3.99. The van der Waals surface area contributed by atoms with E-state index < -0.39 is 0 Å². The van der Waals surface area contributed by atoms with Crippen LogP contribution < -0.4 is 10.2 Å². The number of anilines is 1. The number of hydrogen-bond donors (Lipinski definition) is 1. The first kappa shape index (κ1) is 29.8. The summed E-state index contributed by atoms with van der Waals surface area (Å²) in [6.45, 7) is 9.18. The normalized spacial score (nSPS) is 15.5. The summed E-state index contributed by atoms with van der Waals surface area (Å²) in [5.41, 5.74) is 7.99. The summed E-state index contributed by atoms with van der Waals surface area (Å²) in [6.07, 6.45) is 14.0. The van der Waals surface area contributed by atoms with Crippen LogP contribution in [0.25, 0.3) is 6.08 Å². The number of amides is 1. The Morgan fingerprint density at radius 3 is 2.51 bits per heavy atom. The van der Waals surface area contributed by atoms with Crippen LogP contribution in [0.15, 0.2) is 54.1 Å². The number of piperidine rings is 1. The summed E-state index contributed by atoms with van der Waals surface area (Å²) in [7, 11) is 7.31. The molecule has 0 aromatic carbocycles. The molecule has 1 fully saturated rings. The van der Waals surface area contributed by atoms with Gasteiger partial charge in [0.05, 0.1) is 11.3 Å². The molecule has 0 saturated carbocycles. The molecule has 2 aromatic heterocycles. The summed E-state index contributed by atoms with van der Waals surface area (Å²) < 4.78 is 0. The fraction of sp³-hybridized carbons (Fsp3) is 0.419. The molecule has 0 bridgehead atoms. The molecule has 0 radical (unpaired) electrons. The minimum atomic E-state index is -0.0130. The Morgan fingerprint density at radius 2 is 1.90 bits per heavy atom. The molecule has 8 nitrogen and oxygen atoms in total. The number of nitrogens with one attached hydrogen (secondary N) is 1. The summed E-state index contributed by atoms with van der Waals surface area (Å²) in [5.74, 6) is 0.401. The number of pyridine rings is 2. The molecule has 0 atom stereocenters. The lowest BCUT2D eigenvalue weighted by atomic mass is 9.90. The zero-order valence-electron chi connectivity index (χ0n) is 24.4. The maximum atomic E-state index is 12.3. The molecule has 1 aliphatic rings. The van der Waals surface area contributed by atoms with Gasteiger partial charge >= 0.3 is 0 Å². The first-order chi connectivity index (χ1) is 18.6. The van der Waals surface area contributed by atoms with E-state index in [2.05, 4.69) is 35.1 Å². The van der Waals surface area contributed by atoms with Gasteiger partial charge in [0.25, 0.3) is 5.91 Å². The standard InChI is InChI=1S/C31H42N6O2/c1-22(18-28-24(3)33-13-8-29(28)36(7)14-11-27(32-4)12-17-38)21-37-15-9-25(10-16-37)30-23(2)19-26(20-34-30)31(39)35(5)6/h8,11-14,17-20,25,32H,9-10,15-16,21H2,1-7H3/b14-11-,22-18+,27-12+. The highest BCUT2D eigenvalue weighted by Gasteiger charge is 2.24. The van der Waals surface area contributed by atoms with Crippen LogP contribution in [0.4, 0.5) is 5.69 Å². The van der Waals surface area contributed by atoms with Gasteiger partial charge in [-0.25, -0.2) is 0 Å². The van der Waals surface area contributed by atoms with Gasteiger partial charge in [0.2, 0.25) is 0 Å². The molecule has 39 heavy (non-hydrogen) atoms. The number of carbonyl (C=O) groups excluding carboxylic acids is 2. The third-order valence-corrected chi connectivity index (χ3v) is 7.17. The van der Waals surface area contributed by atoms with Crippen LogP contribution in [0.2, 0.25) is 0 Å². The fourth-order valence-corrected chi connectivity index (χ4v) is 5.02. The summed E-state index contributed by atoms with van der Waals surface area (Å²) in [5, 5.41) is 3.01. The number of allylic oxidation sites excluding steroid dienone is 2. The molecule has 0 aliphatic carbocycles. The minimum absolute atomic E-state index is 0.0130. The molecule has 0 unspecified atom stereocenters. The van der Waals surface area contributed by atoms with Crippen LogP contribution in [-0.2, 0) is 4.79 Å². The average molecular weight is 531 g/mol. The second-order valence-electron chi connectivity index (χ2n) is 10.4. The van der Waals surface area contributed by atoms with Gasteiger partial charge in [-0.3, -0.25) is 24.5 Å². The number of aromatic nitrogens is 2. The van der Waals surface area contributed by atoms with E-state index in [-0.39, 0.29) is 5.91 Å². The van der Waals surface area contributed by atoms with E-state index in [9.17, 15) is 9.59 Å². The van der Waals surface area contributed by atoms with Crippen molar-refractivity contribution in [1.29, 1.82) is 0 Å². The average Bonchev–Trinajstić information content (AvgIpc) is 2.92. The molecule has 1 N–H and O–H groups in total. The molecule has 208 valence electrons. The van der Waals surface area contributed by atoms with Crippen molar-refractivity contribution in [3.05, 3.63) is 82.2 Å². The number of aryl methyl sites for hydroxylation is 2. The quantitative estimate of drug-likeness (QED) is 0.278. The topological polar surface area (TPSA) is 81.7 Å². The van der Waals surface area contributed by atoms with Gasteiger partial charge in [0, 0.05) is 88.0 Å². The Balaban J connectivity index is 1.67. The monoisotopic (exact) mass is 530 g/mol.